The van der Waals surface area contributed by atoms with Gasteiger partial charge in [0.15, 0.2) is 0 Å². The monoisotopic (exact) mass is 237 g/mol. The van der Waals surface area contributed by atoms with E-state index >= 15 is 0 Å². The van der Waals surface area contributed by atoms with E-state index in [0.717, 1.165) is 12.6 Å². The van der Waals surface area contributed by atoms with Crippen molar-refractivity contribution in [2.24, 2.45) is 11.7 Å². The van der Waals surface area contributed by atoms with Gasteiger partial charge in [0.05, 0.1) is 11.3 Å². The van der Waals surface area contributed by atoms with E-state index < -0.39 is 11.7 Å². The zero-order valence-corrected chi connectivity index (χ0v) is 9.50. The number of hydrogen-bond acceptors (Lipinski definition) is 3. The first-order valence-corrected chi connectivity index (χ1v) is 5.70. The minimum atomic E-state index is -0.644. The fourth-order valence-electron chi connectivity index (χ4n) is 1.89. The Morgan fingerprint density at radius 3 is 2.71 bits per heavy atom. The standard InChI is InChI=1S/C12H16FN3O/c13-9-5-10(14)8(12(15)17)4-11(9)16-6-7-2-1-3-7/h4-5,7,16H,1-3,6,14H2,(H2,15,17). The molecule has 2 rings (SSSR count). The quantitative estimate of drug-likeness (QED) is 0.697. The molecule has 4 nitrogen and oxygen atoms in total. The molecule has 0 saturated heterocycles. The molecule has 0 radical (unpaired) electrons. The number of primary amides is 1. The molecule has 0 spiro atoms. The highest BCUT2D eigenvalue weighted by Gasteiger charge is 2.18. The number of amides is 1. The third kappa shape index (κ3) is 2.49. The van der Waals surface area contributed by atoms with Crippen LogP contribution in [0.4, 0.5) is 15.8 Å². The number of anilines is 2. The number of carbonyl (C=O) groups excluding carboxylic acids is 1. The molecule has 0 atom stereocenters. The first kappa shape index (κ1) is 11.7. The Labute approximate surface area is 99.2 Å². The highest BCUT2D eigenvalue weighted by molar-refractivity contribution is 5.99. The summed E-state index contributed by atoms with van der Waals surface area (Å²) in [5, 5.41) is 3.00. The van der Waals surface area contributed by atoms with Gasteiger partial charge in [0.1, 0.15) is 5.82 Å². The molecule has 1 aliphatic rings. The van der Waals surface area contributed by atoms with Gasteiger partial charge in [-0.25, -0.2) is 4.39 Å². The van der Waals surface area contributed by atoms with Crippen LogP contribution >= 0.6 is 0 Å². The summed E-state index contributed by atoms with van der Waals surface area (Å²) in [7, 11) is 0. The molecule has 5 heteroatoms. The van der Waals surface area contributed by atoms with Gasteiger partial charge in [0.25, 0.3) is 5.91 Å². The van der Waals surface area contributed by atoms with Gasteiger partial charge in [-0.1, -0.05) is 6.42 Å². The average Bonchev–Trinajstić information content (AvgIpc) is 2.18. The van der Waals surface area contributed by atoms with Crippen LogP contribution in [-0.4, -0.2) is 12.5 Å². The lowest BCUT2D eigenvalue weighted by Gasteiger charge is -2.26. The number of nitrogen functional groups attached to an aromatic ring is 1. The van der Waals surface area contributed by atoms with Crippen molar-refractivity contribution in [1.29, 1.82) is 0 Å². The molecule has 1 aromatic carbocycles. The van der Waals surface area contributed by atoms with Crippen LogP contribution in [-0.2, 0) is 0 Å². The first-order chi connectivity index (χ1) is 8.08. The van der Waals surface area contributed by atoms with E-state index in [1.54, 1.807) is 0 Å². The molecule has 1 aliphatic carbocycles. The normalized spacial score (nSPS) is 15.4. The molecule has 0 aromatic heterocycles. The predicted octanol–water partition coefficient (Wildman–Crippen LogP) is 1.72. The Balaban J connectivity index is 2.14. The van der Waals surface area contributed by atoms with Crippen molar-refractivity contribution in [3.05, 3.63) is 23.5 Å². The van der Waals surface area contributed by atoms with E-state index in [1.165, 1.54) is 25.3 Å². The summed E-state index contributed by atoms with van der Waals surface area (Å²) < 4.78 is 13.6. The van der Waals surface area contributed by atoms with Crippen molar-refractivity contribution in [3.63, 3.8) is 0 Å². The summed E-state index contributed by atoms with van der Waals surface area (Å²) >= 11 is 0. The molecule has 0 heterocycles. The number of carbonyl (C=O) groups is 1. The second kappa shape index (κ2) is 4.61. The summed E-state index contributed by atoms with van der Waals surface area (Å²) in [5.41, 5.74) is 11.2. The molecular weight excluding hydrogens is 221 g/mol. The summed E-state index contributed by atoms with van der Waals surface area (Å²) in [5.74, 6) is -0.495. The van der Waals surface area contributed by atoms with Gasteiger partial charge in [-0.05, 0) is 30.9 Å². The van der Waals surface area contributed by atoms with E-state index in [1.807, 2.05) is 0 Å². The average molecular weight is 237 g/mol. The Morgan fingerprint density at radius 1 is 1.47 bits per heavy atom. The van der Waals surface area contributed by atoms with Gasteiger partial charge < -0.3 is 16.8 Å². The smallest absolute Gasteiger partial charge is 0.250 e. The van der Waals surface area contributed by atoms with Gasteiger partial charge in [0.2, 0.25) is 0 Å². The SMILES string of the molecule is NC(=O)c1cc(NCC2CCC2)c(F)cc1N. The minimum absolute atomic E-state index is 0.0733. The van der Waals surface area contributed by atoms with Gasteiger partial charge >= 0.3 is 0 Å². The number of hydrogen-bond donors (Lipinski definition) is 3. The molecule has 0 bridgehead atoms. The fourth-order valence-corrected chi connectivity index (χ4v) is 1.89. The maximum Gasteiger partial charge on any atom is 0.250 e. The summed E-state index contributed by atoms with van der Waals surface area (Å²) in [4.78, 5) is 11.1. The van der Waals surface area contributed by atoms with Crippen LogP contribution in [0.3, 0.4) is 0 Å². The molecule has 0 aliphatic heterocycles. The second-order valence-electron chi connectivity index (χ2n) is 4.46. The molecule has 17 heavy (non-hydrogen) atoms. The van der Waals surface area contributed by atoms with E-state index in [2.05, 4.69) is 5.32 Å². The van der Waals surface area contributed by atoms with Crippen molar-refractivity contribution in [2.45, 2.75) is 19.3 Å². The van der Waals surface area contributed by atoms with Crippen LogP contribution in [0.2, 0.25) is 0 Å². The van der Waals surface area contributed by atoms with Gasteiger partial charge in [-0.3, -0.25) is 4.79 Å². The number of nitrogens with two attached hydrogens (primary N) is 2. The van der Waals surface area contributed by atoms with Crippen molar-refractivity contribution >= 4 is 17.3 Å². The topological polar surface area (TPSA) is 81.1 Å². The highest BCUT2D eigenvalue weighted by atomic mass is 19.1. The number of rotatable bonds is 4. The van der Waals surface area contributed by atoms with Gasteiger partial charge in [-0.15, -0.1) is 0 Å². The molecule has 5 N–H and O–H groups in total. The lowest BCUT2D eigenvalue weighted by Crippen LogP contribution is -2.22. The second-order valence-corrected chi connectivity index (χ2v) is 4.46. The Bertz CT molecular complexity index is 444. The first-order valence-electron chi connectivity index (χ1n) is 5.70. The van der Waals surface area contributed by atoms with Crippen LogP contribution in [0.15, 0.2) is 12.1 Å². The molecular formula is C12H16FN3O. The molecule has 0 unspecified atom stereocenters. The predicted molar refractivity (Wildman–Crippen MR) is 65.2 cm³/mol. The van der Waals surface area contributed by atoms with Gasteiger partial charge in [0, 0.05) is 12.2 Å². The Morgan fingerprint density at radius 2 is 2.18 bits per heavy atom. The van der Waals surface area contributed by atoms with E-state index in [4.69, 9.17) is 11.5 Å². The van der Waals surface area contributed by atoms with E-state index in [9.17, 15) is 9.18 Å². The lowest BCUT2D eigenvalue weighted by molar-refractivity contribution is 0.100. The maximum atomic E-state index is 13.6. The largest absolute Gasteiger partial charge is 0.398 e. The zero-order chi connectivity index (χ0) is 12.4. The summed E-state index contributed by atoms with van der Waals surface area (Å²) in [6, 6.07) is 2.51. The zero-order valence-electron chi connectivity index (χ0n) is 9.50. The molecule has 1 amide bonds. The van der Waals surface area contributed by atoms with Crippen molar-refractivity contribution in [1.82, 2.24) is 0 Å². The molecule has 1 saturated carbocycles. The molecule has 92 valence electrons. The van der Waals surface area contributed by atoms with Crippen molar-refractivity contribution in [2.75, 3.05) is 17.6 Å². The third-order valence-corrected chi connectivity index (χ3v) is 3.21. The minimum Gasteiger partial charge on any atom is -0.398 e. The van der Waals surface area contributed by atoms with Crippen LogP contribution in [0, 0.1) is 11.7 Å². The number of benzene rings is 1. The van der Waals surface area contributed by atoms with Crippen LogP contribution in [0.25, 0.3) is 0 Å². The van der Waals surface area contributed by atoms with Gasteiger partial charge in [-0.2, -0.15) is 0 Å². The summed E-state index contributed by atoms with van der Waals surface area (Å²) in [6.07, 6.45) is 3.58. The summed E-state index contributed by atoms with van der Waals surface area (Å²) in [6.45, 7) is 0.721. The van der Waals surface area contributed by atoms with Crippen LogP contribution in [0.1, 0.15) is 29.6 Å². The lowest BCUT2D eigenvalue weighted by atomic mass is 9.85. The Hall–Kier alpha value is -1.78. The van der Waals surface area contributed by atoms with E-state index in [0.29, 0.717) is 11.6 Å². The fraction of sp³-hybridized carbons (Fsp3) is 0.417. The highest BCUT2D eigenvalue weighted by Crippen LogP contribution is 2.28. The van der Waals surface area contributed by atoms with Crippen LogP contribution < -0.4 is 16.8 Å². The van der Waals surface area contributed by atoms with Crippen molar-refractivity contribution in [3.8, 4) is 0 Å². The maximum absolute atomic E-state index is 13.6. The van der Waals surface area contributed by atoms with E-state index in [-0.39, 0.29) is 11.3 Å². The van der Waals surface area contributed by atoms with Crippen molar-refractivity contribution < 1.29 is 9.18 Å². The third-order valence-electron chi connectivity index (χ3n) is 3.21. The Kier molecular flexibility index (Phi) is 3.17. The van der Waals surface area contributed by atoms with Crippen LogP contribution in [0.5, 0.6) is 0 Å². The number of nitrogens with one attached hydrogen (secondary N) is 1. The molecule has 1 fully saturated rings. The number of halogens is 1. The molecule has 1 aromatic rings.